The van der Waals surface area contributed by atoms with Crippen LogP contribution in [0, 0.1) is 12.3 Å². The lowest BCUT2D eigenvalue weighted by molar-refractivity contribution is 0.0700. The summed E-state index contributed by atoms with van der Waals surface area (Å²) in [6.07, 6.45) is 2.94. The number of aromatic nitrogens is 1. The van der Waals surface area contributed by atoms with E-state index in [0.29, 0.717) is 0 Å². The molecular formula is C20H27N3O2. The molecule has 1 atom stereocenters. The molecule has 2 aromatic heterocycles. The highest BCUT2D eigenvalue weighted by Crippen LogP contribution is 2.34. The van der Waals surface area contributed by atoms with Gasteiger partial charge in [0, 0.05) is 37.3 Å². The zero-order chi connectivity index (χ0) is 17.1. The summed E-state index contributed by atoms with van der Waals surface area (Å²) in [5.74, 6) is 1.05. The van der Waals surface area contributed by atoms with Gasteiger partial charge in [0.2, 0.25) is 0 Å². The molecule has 2 saturated heterocycles. The van der Waals surface area contributed by atoms with E-state index in [4.69, 9.17) is 9.15 Å². The van der Waals surface area contributed by atoms with Gasteiger partial charge in [0.05, 0.1) is 31.7 Å². The van der Waals surface area contributed by atoms with E-state index in [1.54, 1.807) is 6.26 Å². The molecule has 0 bridgehead atoms. The van der Waals surface area contributed by atoms with Gasteiger partial charge in [-0.3, -0.25) is 14.8 Å². The summed E-state index contributed by atoms with van der Waals surface area (Å²) in [6.45, 7) is 9.78. The number of nitrogens with zero attached hydrogens (tertiary/aromatic N) is 3. The van der Waals surface area contributed by atoms with Gasteiger partial charge in [-0.1, -0.05) is 6.07 Å². The Morgan fingerprint density at radius 1 is 1.08 bits per heavy atom. The third kappa shape index (κ3) is 4.11. The second kappa shape index (κ2) is 7.28. The molecule has 0 unspecified atom stereocenters. The molecule has 0 amide bonds. The monoisotopic (exact) mass is 341 g/mol. The van der Waals surface area contributed by atoms with Crippen LogP contribution in [0.3, 0.4) is 0 Å². The smallest absolute Gasteiger partial charge is 0.117 e. The summed E-state index contributed by atoms with van der Waals surface area (Å²) in [6, 6.07) is 10.3. The van der Waals surface area contributed by atoms with Crippen LogP contribution in [0.1, 0.15) is 23.6 Å². The number of pyridine rings is 1. The molecule has 2 aliphatic rings. The van der Waals surface area contributed by atoms with Gasteiger partial charge >= 0.3 is 0 Å². The first-order valence-corrected chi connectivity index (χ1v) is 9.18. The Morgan fingerprint density at radius 2 is 1.96 bits per heavy atom. The van der Waals surface area contributed by atoms with Crippen molar-refractivity contribution in [3.63, 3.8) is 0 Å². The summed E-state index contributed by atoms with van der Waals surface area (Å²) in [5.41, 5.74) is 2.47. The number of rotatable bonds is 4. The standard InChI is InChI=1S/C20H27N3O2/c1-17-4-2-5-18(21-17)12-23-9-11-24-16-20(15-23)7-8-22(14-20)13-19-6-3-10-25-19/h2-6,10H,7-9,11-16H2,1H3/t20-/m1/s1. The van der Waals surface area contributed by atoms with Gasteiger partial charge in [0.25, 0.3) is 0 Å². The van der Waals surface area contributed by atoms with Crippen molar-refractivity contribution in [3.05, 3.63) is 53.7 Å². The minimum absolute atomic E-state index is 0.229. The third-order valence-electron chi connectivity index (χ3n) is 5.33. The van der Waals surface area contributed by atoms with Crippen LogP contribution in [0.5, 0.6) is 0 Å². The van der Waals surface area contributed by atoms with E-state index in [1.807, 2.05) is 6.07 Å². The van der Waals surface area contributed by atoms with Crippen molar-refractivity contribution in [1.82, 2.24) is 14.8 Å². The fourth-order valence-electron chi connectivity index (χ4n) is 4.17. The molecule has 5 nitrogen and oxygen atoms in total. The SMILES string of the molecule is Cc1cccc(CN2CCOC[C@@]3(CCN(Cc4ccco4)C3)C2)n1. The molecule has 4 rings (SSSR count). The van der Waals surface area contributed by atoms with Crippen molar-refractivity contribution >= 4 is 0 Å². The van der Waals surface area contributed by atoms with E-state index in [0.717, 1.165) is 69.6 Å². The largest absolute Gasteiger partial charge is 0.468 e. The Labute approximate surface area is 149 Å². The number of aryl methyl sites for hydroxylation is 1. The quantitative estimate of drug-likeness (QED) is 0.855. The Hall–Kier alpha value is -1.69. The number of furan rings is 1. The first-order chi connectivity index (χ1) is 12.2. The molecule has 0 N–H and O–H groups in total. The summed E-state index contributed by atoms with van der Waals surface area (Å²) in [7, 11) is 0. The summed E-state index contributed by atoms with van der Waals surface area (Å²) < 4.78 is 11.5. The van der Waals surface area contributed by atoms with Crippen molar-refractivity contribution in [1.29, 1.82) is 0 Å². The summed E-state index contributed by atoms with van der Waals surface area (Å²) in [4.78, 5) is 9.69. The second-order valence-electron chi connectivity index (χ2n) is 7.57. The van der Waals surface area contributed by atoms with E-state index in [-0.39, 0.29) is 5.41 Å². The highest BCUT2D eigenvalue weighted by atomic mass is 16.5. The Balaban J connectivity index is 1.41. The topological polar surface area (TPSA) is 41.7 Å². The van der Waals surface area contributed by atoms with E-state index in [2.05, 4.69) is 46.0 Å². The Morgan fingerprint density at radius 3 is 2.76 bits per heavy atom. The summed E-state index contributed by atoms with van der Waals surface area (Å²) in [5, 5.41) is 0. The van der Waals surface area contributed by atoms with Crippen molar-refractivity contribution in [2.24, 2.45) is 5.41 Å². The molecule has 134 valence electrons. The predicted molar refractivity (Wildman–Crippen MR) is 96.1 cm³/mol. The van der Waals surface area contributed by atoms with E-state index < -0.39 is 0 Å². The van der Waals surface area contributed by atoms with Crippen molar-refractivity contribution in [2.75, 3.05) is 39.4 Å². The lowest BCUT2D eigenvalue weighted by Gasteiger charge is -2.31. The van der Waals surface area contributed by atoms with Crippen molar-refractivity contribution in [2.45, 2.75) is 26.4 Å². The first-order valence-electron chi connectivity index (χ1n) is 9.18. The van der Waals surface area contributed by atoms with Gasteiger partial charge < -0.3 is 9.15 Å². The second-order valence-corrected chi connectivity index (χ2v) is 7.57. The maximum atomic E-state index is 6.00. The minimum atomic E-state index is 0.229. The maximum absolute atomic E-state index is 6.00. The fourth-order valence-corrected chi connectivity index (χ4v) is 4.17. The molecule has 2 fully saturated rings. The normalized spacial score (nSPS) is 25.5. The van der Waals surface area contributed by atoms with Crippen molar-refractivity contribution in [3.8, 4) is 0 Å². The molecule has 2 aliphatic heterocycles. The molecule has 25 heavy (non-hydrogen) atoms. The summed E-state index contributed by atoms with van der Waals surface area (Å²) >= 11 is 0. The van der Waals surface area contributed by atoms with Gasteiger partial charge in [-0.2, -0.15) is 0 Å². The number of ether oxygens (including phenoxy) is 1. The molecule has 0 radical (unpaired) electrons. The molecule has 5 heteroatoms. The van der Waals surface area contributed by atoms with Gasteiger partial charge in [-0.15, -0.1) is 0 Å². The highest BCUT2D eigenvalue weighted by Gasteiger charge is 2.41. The van der Waals surface area contributed by atoms with Crippen LogP contribution < -0.4 is 0 Å². The average Bonchev–Trinajstić information content (AvgIpc) is 3.18. The minimum Gasteiger partial charge on any atom is -0.468 e. The molecule has 0 saturated carbocycles. The molecule has 0 aliphatic carbocycles. The third-order valence-corrected chi connectivity index (χ3v) is 5.33. The van der Waals surface area contributed by atoms with Gasteiger partial charge in [-0.05, 0) is 44.2 Å². The Kier molecular flexibility index (Phi) is 4.88. The average molecular weight is 341 g/mol. The number of hydrogen-bond acceptors (Lipinski definition) is 5. The molecule has 4 heterocycles. The first kappa shape index (κ1) is 16.8. The van der Waals surface area contributed by atoms with Crippen LogP contribution in [0.2, 0.25) is 0 Å². The zero-order valence-electron chi connectivity index (χ0n) is 15.0. The van der Waals surface area contributed by atoms with Gasteiger partial charge in [-0.25, -0.2) is 0 Å². The highest BCUT2D eigenvalue weighted by molar-refractivity contribution is 5.10. The van der Waals surface area contributed by atoms with Gasteiger partial charge in [0.15, 0.2) is 0 Å². The lowest BCUT2D eigenvalue weighted by atomic mass is 9.87. The number of hydrogen-bond donors (Lipinski definition) is 0. The molecular weight excluding hydrogens is 314 g/mol. The number of likely N-dealkylation sites (tertiary alicyclic amines) is 1. The van der Waals surface area contributed by atoms with Crippen LogP contribution in [0.4, 0.5) is 0 Å². The van der Waals surface area contributed by atoms with Crippen LogP contribution in [0.15, 0.2) is 41.0 Å². The predicted octanol–water partition coefficient (Wildman–Crippen LogP) is 2.71. The molecule has 0 aromatic carbocycles. The fraction of sp³-hybridized carbons (Fsp3) is 0.550. The zero-order valence-corrected chi connectivity index (χ0v) is 15.0. The van der Waals surface area contributed by atoms with E-state index >= 15 is 0 Å². The molecule has 1 spiro atoms. The molecule has 2 aromatic rings. The Bertz CT molecular complexity index is 688. The van der Waals surface area contributed by atoms with E-state index in [1.165, 1.54) is 6.42 Å². The van der Waals surface area contributed by atoms with Crippen LogP contribution in [-0.2, 0) is 17.8 Å². The van der Waals surface area contributed by atoms with E-state index in [9.17, 15) is 0 Å². The van der Waals surface area contributed by atoms with Crippen LogP contribution in [-0.4, -0.2) is 54.2 Å². The van der Waals surface area contributed by atoms with Crippen LogP contribution >= 0.6 is 0 Å². The maximum Gasteiger partial charge on any atom is 0.117 e. The van der Waals surface area contributed by atoms with Crippen molar-refractivity contribution < 1.29 is 9.15 Å². The lowest BCUT2D eigenvalue weighted by Crippen LogP contribution is -2.40. The van der Waals surface area contributed by atoms with Crippen LogP contribution in [0.25, 0.3) is 0 Å². The van der Waals surface area contributed by atoms with Gasteiger partial charge in [0.1, 0.15) is 5.76 Å².